The molecule has 0 unspecified atom stereocenters. The molecule has 9 heteroatoms. The van der Waals surface area contributed by atoms with Gasteiger partial charge < -0.3 is 19.9 Å². The molecule has 0 bridgehead atoms. The van der Waals surface area contributed by atoms with Gasteiger partial charge in [-0.1, -0.05) is 48.5 Å². The van der Waals surface area contributed by atoms with Crippen LogP contribution in [0, 0.1) is 5.82 Å². The summed E-state index contributed by atoms with van der Waals surface area (Å²) in [6.45, 7) is 5.15. The van der Waals surface area contributed by atoms with E-state index in [-0.39, 0.29) is 24.3 Å². The van der Waals surface area contributed by atoms with Crippen LogP contribution in [0.5, 0.6) is 0 Å². The van der Waals surface area contributed by atoms with Crippen LogP contribution in [-0.2, 0) is 29.2 Å². The number of thiophene rings is 1. The van der Waals surface area contributed by atoms with Gasteiger partial charge in [0.2, 0.25) is 5.91 Å². The molecule has 2 aromatic carbocycles. The van der Waals surface area contributed by atoms with E-state index >= 15 is 0 Å². The van der Waals surface area contributed by atoms with Crippen LogP contribution >= 0.6 is 11.3 Å². The molecule has 37 heavy (non-hydrogen) atoms. The molecule has 0 aliphatic carbocycles. The minimum atomic E-state index is -0.316. The molecular formula is C28H33FN4O3S. The van der Waals surface area contributed by atoms with Crippen molar-refractivity contribution in [2.24, 2.45) is 0 Å². The lowest BCUT2D eigenvalue weighted by Crippen LogP contribution is -2.49. The Balaban J connectivity index is 1.45. The lowest BCUT2D eigenvalue weighted by atomic mass is 10.2. The van der Waals surface area contributed by atoms with Crippen molar-refractivity contribution >= 4 is 23.3 Å². The van der Waals surface area contributed by atoms with E-state index in [0.717, 1.165) is 29.1 Å². The van der Waals surface area contributed by atoms with Crippen molar-refractivity contribution in [1.29, 1.82) is 0 Å². The van der Waals surface area contributed by atoms with Gasteiger partial charge in [0, 0.05) is 44.1 Å². The van der Waals surface area contributed by atoms with Crippen LogP contribution in [0.4, 0.5) is 9.18 Å². The van der Waals surface area contributed by atoms with E-state index in [4.69, 9.17) is 4.74 Å². The molecule has 4 rings (SSSR count). The second kappa shape index (κ2) is 13.9. The Bertz CT molecular complexity index is 1110. The summed E-state index contributed by atoms with van der Waals surface area (Å²) in [6.07, 6.45) is 0. The number of benzene rings is 2. The number of hydrogen-bond donors (Lipinski definition) is 1. The standard InChI is InChI=1S/C28H33FN4O3S/c29-25-10-8-24(9-11-25)20-33(21-26-7-4-18-37-26)27(34)22-32(13-12-31-14-16-36-17-15-31)28(35)30-19-23-5-2-1-3-6-23/h1-11,18H,12-17,19-22H2,(H,30,35). The van der Waals surface area contributed by atoms with Crippen LogP contribution in [-0.4, -0.2) is 72.6 Å². The highest BCUT2D eigenvalue weighted by Gasteiger charge is 2.23. The number of urea groups is 1. The molecule has 0 radical (unpaired) electrons. The number of hydrogen-bond acceptors (Lipinski definition) is 5. The topological polar surface area (TPSA) is 65.1 Å². The van der Waals surface area contributed by atoms with Gasteiger partial charge in [-0.25, -0.2) is 9.18 Å². The van der Waals surface area contributed by atoms with Crippen LogP contribution in [0.15, 0.2) is 72.1 Å². The Morgan fingerprint density at radius 1 is 0.919 bits per heavy atom. The number of nitrogens with one attached hydrogen (secondary N) is 1. The van der Waals surface area contributed by atoms with E-state index in [2.05, 4.69) is 10.2 Å². The first-order chi connectivity index (χ1) is 18.1. The van der Waals surface area contributed by atoms with Gasteiger partial charge in [0.15, 0.2) is 0 Å². The highest BCUT2D eigenvalue weighted by atomic mass is 32.1. The number of carbonyl (C=O) groups is 2. The monoisotopic (exact) mass is 524 g/mol. The number of rotatable bonds is 11. The predicted octanol–water partition coefficient (Wildman–Crippen LogP) is 3.96. The van der Waals surface area contributed by atoms with Gasteiger partial charge in [-0.15, -0.1) is 11.3 Å². The maximum Gasteiger partial charge on any atom is 0.318 e. The van der Waals surface area contributed by atoms with E-state index in [1.54, 1.807) is 33.3 Å². The van der Waals surface area contributed by atoms with Crippen molar-refractivity contribution in [3.63, 3.8) is 0 Å². The molecule has 0 atom stereocenters. The SMILES string of the molecule is O=C(CN(CCN1CCOCC1)C(=O)NCc1ccccc1)N(Cc1ccc(F)cc1)Cc1cccs1. The Kier molecular flexibility index (Phi) is 10.0. The summed E-state index contributed by atoms with van der Waals surface area (Å²) in [5, 5.41) is 4.94. The zero-order valence-electron chi connectivity index (χ0n) is 20.9. The third-order valence-electron chi connectivity index (χ3n) is 6.26. The maximum absolute atomic E-state index is 13.6. The summed E-state index contributed by atoms with van der Waals surface area (Å²) in [7, 11) is 0. The van der Waals surface area contributed by atoms with Gasteiger partial charge in [-0.3, -0.25) is 9.69 Å². The van der Waals surface area contributed by atoms with Crippen molar-refractivity contribution in [3.8, 4) is 0 Å². The molecular weight excluding hydrogens is 491 g/mol. The summed E-state index contributed by atoms with van der Waals surface area (Å²) in [5.74, 6) is -0.473. The van der Waals surface area contributed by atoms with Crippen LogP contribution in [0.25, 0.3) is 0 Å². The van der Waals surface area contributed by atoms with E-state index in [9.17, 15) is 14.0 Å². The minimum Gasteiger partial charge on any atom is -0.379 e. The largest absolute Gasteiger partial charge is 0.379 e. The lowest BCUT2D eigenvalue weighted by Gasteiger charge is -2.31. The van der Waals surface area contributed by atoms with Gasteiger partial charge in [-0.2, -0.15) is 0 Å². The molecule has 1 N–H and O–H groups in total. The summed E-state index contributed by atoms with van der Waals surface area (Å²) in [4.78, 5) is 33.4. The van der Waals surface area contributed by atoms with Gasteiger partial charge in [-0.05, 0) is 34.7 Å². The Morgan fingerprint density at radius 2 is 1.68 bits per heavy atom. The van der Waals surface area contributed by atoms with Crippen molar-refractivity contribution < 1.29 is 18.7 Å². The second-order valence-electron chi connectivity index (χ2n) is 8.98. The molecule has 1 saturated heterocycles. The zero-order valence-corrected chi connectivity index (χ0v) is 21.7. The van der Waals surface area contributed by atoms with Crippen LogP contribution in [0.2, 0.25) is 0 Å². The van der Waals surface area contributed by atoms with Crippen molar-refractivity contribution in [1.82, 2.24) is 20.0 Å². The highest BCUT2D eigenvalue weighted by Crippen LogP contribution is 2.16. The Hall–Kier alpha value is -3.27. The fourth-order valence-corrected chi connectivity index (χ4v) is 4.84. The second-order valence-corrected chi connectivity index (χ2v) is 10.0. The number of nitrogens with zero attached hydrogens (tertiary/aromatic N) is 3. The van der Waals surface area contributed by atoms with Crippen LogP contribution in [0.3, 0.4) is 0 Å². The average Bonchev–Trinajstić information content (AvgIpc) is 3.45. The Labute approximate surface area is 221 Å². The van der Waals surface area contributed by atoms with Crippen molar-refractivity contribution in [2.75, 3.05) is 45.9 Å². The quantitative estimate of drug-likeness (QED) is 0.413. The lowest BCUT2D eigenvalue weighted by molar-refractivity contribution is -0.133. The van der Waals surface area contributed by atoms with Gasteiger partial charge in [0.05, 0.1) is 19.8 Å². The number of ether oxygens (including phenoxy) is 1. The first-order valence-electron chi connectivity index (χ1n) is 12.5. The average molecular weight is 525 g/mol. The third-order valence-corrected chi connectivity index (χ3v) is 7.12. The van der Waals surface area contributed by atoms with Gasteiger partial charge in [0.1, 0.15) is 12.4 Å². The molecule has 1 aliphatic rings. The highest BCUT2D eigenvalue weighted by molar-refractivity contribution is 7.09. The molecule has 0 spiro atoms. The maximum atomic E-state index is 13.6. The smallest absolute Gasteiger partial charge is 0.318 e. The molecule has 2 heterocycles. The fourth-order valence-electron chi connectivity index (χ4n) is 4.12. The molecule has 1 fully saturated rings. The summed E-state index contributed by atoms with van der Waals surface area (Å²) in [6, 6.07) is 19.5. The molecule has 3 aromatic rings. The van der Waals surface area contributed by atoms with Gasteiger partial charge in [0.25, 0.3) is 0 Å². The summed E-state index contributed by atoms with van der Waals surface area (Å²) >= 11 is 1.58. The molecule has 3 amide bonds. The molecule has 1 aromatic heterocycles. The third kappa shape index (κ3) is 8.66. The minimum absolute atomic E-state index is 0.0441. The van der Waals surface area contributed by atoms with E-state index < -0.39 is 0 Å². The number of amides is 3. The molecule has 1 aliphatic heterocycles. The van der Waals surface area contributed by atoms with Crippen LogP contribution < -0.4 is 5.32 Å². The van der Waals surface area contributed by atoms with Crippen LogP contribution in [0.1, 0.15) is 16.0 Å². The number of halogens is 1. The van der Waals surface area contributed by atoms with Crippen molar-refractivity contribution in [3.05, 3.63) is 93.9 Å². The van der Waals surface area contributed by atoms with Crippen molar-refractivity contribution in [2.45, 2.75) is 19.6 Å². The van der Waals surface area contributed by atoms with E-state index in [0.29, 0.717) is 45.9 Å². The molecule has 7 nitrogen and oxygen atoms in total. The fraction of sp³-hybridized carbons (Fsp3) is 0.357. The number of carbonyl (C=O) groups excluding carboxylic acids is 2. The van der Waals surface area contributed by atoms with Gasteiger partial charge >= 0.3 is 6.03 Å². The van der Waals surface area contributed by atoms with E-state index in [1.807, 2.05) is 47.8 Å². The Morgan fingerprint density at radius 3 is 2.38 bits per heavy atom. The summed E-state index contributed by atoms with van der Waals surface area (Å²) < 4.78 is 18.9. The normalized spacial score (nSPS) is 13.8. The predicted molar refractivity (Wildman–Crippen MR) is 142 cm³/mol. The first kappa shape index (κ1) is 26.8. The zero-order chi connectivity index (χ0) is 25.9. The van der Waals surface area contributed by atoms with E-state index in [1.165, 1.54) is 12.1 Å². The molecule has 196 valence electrons. The summed E-state index contributed by atoms with van der Waals surface area (Å²) in [5.41, 5.74) is 1.82. The molecule has 0 saturated carbocycles. The first-order valence-corrected chi connectivity index (χ1v) is 13.4. The number of morpholine rings is 1.